The van der Waals surface area contributed by atoms with Crippen molar-refractivity contribution >= 4 is 0 Å². The Kier molecular flexibility index (Phi) is 4.22. The van der Waals surface area contributed by atoms with Crippen LogP contribution in [-0.4, -0.2) is 12.0 Å². The molecule has 112 valence electrons. The molecule has 0 aliphatic rings. The first-order valence-corrected chi connectivity index (χ1v) is 5.98. The summed E-state index contributed by atoms with van der Waals surface area (Å²) >= 11 is 0. The summed E-state index contributed by atoms with van der Waals surface area (Å²) in [7, 11) is 1.51. The molecule has 1 heterocycles. The molecule has 1 aromatic carbocycles. The van der Waals surface area contributed by atoms with Crippen molar-refractivity contribution in [2.24, 2.45) is 0 Å². The van der Waals surface area contributed by atoms with Crippen LogP contribution in [0.4, 0.5) is 22.0 Å². The molecule has 2 rings (SSSR count). The van der Waals surface area contributed by atoms with Crippen LogP contribution >= 0.6 is 0 Å². The molecule has 1 atom stereocenters. The Morgan fingerprint density at radius 1 is 1.10 bits per heavy atom. The maximum atomic E-state index is 13.8. The Balaban J connectivity index is 2.37. The summed E-state index contributed by atoms with van der Waals surface area (Å²) in [5.74, 6) is -1.53. The van der Waals surface area contributed by atoms with Crippen LogP contribution < -0.4 is 5.32 Å². The number of hydrogen-bond acceptors (Lipinski definition) is 2. The first-order valence-electron chi connectivity index (χ1n) is 5.98. The number of benzene rings is 1. The molecule has 0 fully saturated rings. The van der Waals surface area contributed by atoms with Crippen molar-refractivity contribution in [2.75, 3.05) is 7.05 Å². The summed E-state index contributed by atoms with van der Waals surface area (Å²) in [6.07, 6.45) is -3.80. The fourth-order valence-corrected chi connectivity index (χ4v) is 1.94. The molecule has 2 nitrogen and oxygen atoms in total. The van der Waals surface area contributed by atoms with Crippen LogP contribution in [0.1, 0.15) is 22.9 Å². The normalized spacial score (nSPS) is 13.2. The molecule has 0 radical (unpaired) electrons. The van der Waals surface area contributed by atoms with E-state index in [9.17, 15) is 22.0 Å². The topological polar surface area (TPSA) is 24.9 Å². The van der Waals surface area contributed by atoms with Crippen LogP contribution in [0.15, 0.2) is 36.5 Å². The van der Waals surface area contributed by atoms with Crippen molar-refractivity contribution in [3.63, 3.8) is 0 Å². The molecule has 0 amide bonds. The predicted octanol–water partition coefficient (Wildman–Crippen LogP) is 3.69. The van der Waals surface area contributed by atoms with Crippen molar-refractivity contribution in [1.29, 1.82) is 0 Å². The highest BCUT2D eigenvalue weighted by Gasteiger charge is 2.31. The van der Waals surface area contributed by atoms with E-state index in [2.05, 4.69) is 10.3 Å². The smallest absolute Gasteiger partial charge is 0.308 e. The monoisotopic (exact) mass is 302 g/mol. The zero-order valence-electron chi connectivity index (χ0n) is 10.9. The second-order valence-electron chi connectivity index (χ2n) is 4.36. The van der Waals surface area contributed by atoms with Gasteiger partial charge in [0.25, 0.3) is 0 Å². The van der Waals surface area contributed by atoms with Gasteiger partial charge in [-0.2, -0.15) is 13.2 Å². The maximum absolute atomic E-state index is 13.8. The summed E-state index contributed by atoms with van der Waals surface area (Å²) < 4.78 is 64.1. The average molecular weight is 302 g/mol. The van der Waals surface area contributed by atoms with Gasteiger partial charge in [-0.05, 0) is 25.2 Å². The molecule has 21 heavy (non-hydrogen) atoms. The Hall–Kier alpha value is -2.02. The van der Waals surface area contributed by atoms with Crippen LogP contribution in [0, 0.1) is 11.6 Å². The van der Waals surface area contributed by atoms with Gasteiger partial charge in [0.15, 0.2) is 0 Å². The Labute approximate surface area is 117 Å². The van der Waals surface area contributed by atoms with Crippen LogP contribution in [0.25, 0.3) is 0 Å². The van der Waals surface area contributed by atoms with E-state index >= 15 is 0 Å². The van der Waals surface area contributed by atoms with E-state index in [1.165, 1.54) is 13.1 Å². The van der Waals surface area contributed by atoms with Crippen LogP contribution in [0.5, 0.6) is 0 Å². The number of aromatic nitrogens is 1. The summed E-state index contributed by atoms with van der Waals surface area (Å²) in [5, 5.41) is 2.75. The van der Waals surface area contributed by atoms with Gasteiger partial charge >= 0.3 is 6.18 Å². The van der Waals surface area contributed by atoms with Crippen molar-refractivity contribution in [2.45, 2.75) is 12.2 Å². The summed E-state index contributed by atoms with van der Waals surface area (Å²) in [6, 6.07) is 4.27. The minimum Gasteiger partial charge on any atom is -0.308 e. The molecular weight excluding hydrogens is 291 g/mol. The van der Waals surface area contributed by atoms with Gasteiger partial charge < -0.3 is 5.32 Å². The third-order valence-corrected chi connectivity index (χ3v) is 2.97. The quantitative estimate of drug-likeness (QED) is 0.875. The van der Waals surface area contributed by atoms with Crippen LogP contribution in [0.2, 0.25) is 0 Å². The predicted molar refractivity (Wildman–Crippen MR) is 66.5 cm³/mol. The van der Waals surface area contributed by atoms with Crippen molar-refractivity contribution in [3.8, 4) is 0 Å². The molecule has 0 aliphatic heterocycles. The SMILES string of the molecule is CNC(c1ccc(C(F)(F)F)cn1)c1ccc(F)cc1F. The lowest BCUT2D eigenvalue weighted by Crippen LogP contribution is -2.20. The number of nitrogens with one attached hydrogen (secondary N) is 1. The Bertz CT molecular complexity index is 622. The number of alkyl halides is 3. The van der Waals surface area contributed by atoms with Gasteiger partial charge in [-0.25, -0.2) is 8.78 Å². The number of hydrogen-bond donors (Lipinski definition) is 1. The minimum atomic E-state index is -4.48. The van der Waals surface area contributed by atoms with E-state index in [1.807, 2.05) is 0 Å². The van der Waals surface area contributed by atoms with E-state index < -0.39 is 29.4 Å². The molecular formula is C14H11F5N2. The highest BCUT2D eigenvalue weighted by molar-refractivity contribution is 5.30. The standard InChI is InChI=1S/C14H11F5N2/c1-20-13(10-4-3-9(15)6-11(10)16)12-5-2-8(7-21-12)14(17,18)19/h2-7,13,20H,1H3. The van der Waals surface area contributed by atoms with Crippen LogP contribution in [-0.2, 0) is 6.18 Å². The van der Waals surface area contributed by atoms with Gasteiger partial charge in [-0.15, -0.1) is 0 Å². The second kappa shape index (κ2) is 5.77. The van der Waals surface area contributed by atoms with Gasteiger partial charge in [0.2, 0.25) is 0 Å². The molecule has 1 unspecified atom stereocenters. The largest absolute Gasteiger partial charge is 0.417 e. The lowest BCUT2D eigenvalue weighted by Gasteiger charge is -2.17. The van der Waals surface area contributed by atoms with Gasteiger partial charge in [-0.1, -0.05) is 6.07 Å². The third-order valence-electron chi connectivity index (χ3n) is 2.97. The molecule has 2 aromatic rings. The number of pyridine rings is 1. The highest BCUT2D eigenvalue weighted by atomic mass is 19.4. The third kappa shape index (κ3) is 3.36. The van der Waals surface area contributed by atoms with E-state index in [4.69, 9.17) is 0 Å². The lowest BCUT2D eigenvalue weighted by molar-refractivity contribution is -0.137. The molecule has 0 spiro atoms. The average Bonchev–Trinajstić information content (AvgIpc) is 2.41. The fraction of sp³-hybridized carbons (Fsp3) is 0.214. The molecule has 0 saturated heterocycles. The first-order chi connectivity index (χ1) is 9.82. The molecule has 0 saturated carbocycles. The summed E-state index contributed by atoms with van der Waals surface area (Å²) in [4.78, 5) is 3.71. The van der Waals surface area contributed by atoms with Gasteiger partial charge in [0, 0.05) is 17.8 Å². The summed E-state index contributed by atoms with van der Waals surface area (Å²) in [6.45, 7) is 0. The number of halogens is 5. The number of nitrogens with zero attached hydrogens (tertiary/aromatic N) is 1. The zero-order valence-corrected chi connectivity index (χ0v) is 10.9. The minimum absolute atomic E-state index is 0.103. The Morgan fingerprint density at radius 3 is 2.29 bits per heavy atom. The molecule has 0 bridgehead atoms. The van der Waals surface area contributed by atoms with E-state index in [-0.39, 0.29) is 11.3 Å². The van der Waals surface area contributed by atoms with Crippen molar-refractivity contribution in [3.05, 3.63) is 65.0 Å². The fourth-order valence-electron chi connectivity index (χ4n) is 1.94. The van der Waals surface area contributed by atoms with Gasteiger partial charge in [0.1, 0.15) is 11.6 Å². The molecule has 1 aromatic heterocycles. The summed E-state index contributed by atoms with van der Waals surface area (Å²) in [5.41, 5.74) is -0.581. The van der Waals surface area contributed by atoms with Gasteiger partial charge in [-0.3, -0.25) is 4.98 Å². The van der Waals surface area contributed by atoms with E-state index in [0.29, 0.717) is 12.3 Å². The van der Waals surface area contributed by atoms with E-state index in [0.717, 1.165) is 18.2 Å². The maximum Gasteiger partial charge on any atom is 0.417 e. The lowest BCUT2D eigenvalue weighted by atomic mass is 10.0. The highest BCUT2D eigenvalue weighted by Crippen LogP contribution is 2.30. The Morgan fingerprint density at radius 2 is 1.81 bits per heavy atom. The van der Waals surface area contributed by atoms with Crippen molar-refractivity contribution < 1.29 is 22.0 Å². The van der Waals surface area contributed by atoms with Gasteiger partial charge in [0.05, 0.1) is 17.3 Å². The molecule has 1 N–H and O–H groups in total. The molecule has 7 heteroatoms. The van der Waals surface area contributed by atoms with Crippen LogP contribution in [0.3, 0.4) is 0 Å². The first kappa shape index (κ1) is 15.4. The van der Waals surface area contributed by atoms with E-state index in [1.54, 1.807) is 0 Å². The second-order valence-corrected chi connectivity index (χ2v) is 4.36. The zero-order chi connectivity index (χ0) is 15.6. The van der Waals surface area contributed by atoms with Crippen molar-refractivity contribution in [1.82, 2.24) is 10.3 Å². The molecule has 0 aliphatic carbocycles. The number of rotatable bonds is 3.